The van der Waals surface area contributed by atoms with Crippen LogP contribution in [0.4, 0.5) is 0 Å². The van der Waals surface area contributed by atoms with Gasteiger partial charge in [-0.15, -0.1) is 0 Å². The van der Waals surface area contributed by atoms with Gasteiger partial charge >= 0.3 is 5.97 Å². The van der Waals surface area contributed by atoms with Gasteiger partial charge in [-0.3, -0.25) is 0 Å². The molecule has 18 heavy (non-hydrogen) atoms. The summed E-state index contributed by atoms with van der Waals surface area (Å²) < 4.78 is 10.1. The number of hydrogen-bond acceptors (Lipinski definition) is 4. The molecule has 1 unspecified atom stereocenters. The van der Waals surface area contributed by atoms with Gasteiger partial charge in [0.05, 0.1) is 11.6 Å². The highest BCUT2D eigenvalue weighted by Crippen LogP contribution is 2.25. The number of carboxylic acids is 1. The number of hydrogen-bond donors (Lipinski definition) is 2. The molecule has 100 valence electrons. The second-order valence-electron chi connectivity index (χ2n) is 3.67. The van der Waals surface area contributed by atoms with Gasteiger partial charge in [0.1, 0.15) is 12.4 Å². The van der Waals surface area contributed by atoms with Crippen LogP contribution in [0.15, 0.2) is 18.2 Å². The summed E-state index contributed by atoms with van der Waals surface area (Å²) in [6.07, 6.45) is -0.830. The van der Waals surface area contributed by atoms with E-state index >= 15 is 0 Å². The summed E-state index contributed by atoms with van der Waals surface area (Å²) in [4.78, 5) is 10.4. The lowest BCUT2D eigenvalue weighted by Crippen LogP contribution is -2.26. The van der Waals surface area contributed by atoms with Gasteiger partial charge in [0.15, 0.2) is 6.10 Å². The highest BCUT2D eigenvalue weighted by atomic mass is 35.5. The van der Waals surface area contributed by atoms with Crippen molar-refractivity contribution in [2.45, 2.75) is 12.5 Å². The van der Waals surface area contributed by atoms with E-state index in [-0.39, 0.29) is 6.61 Å². The van der Waals surface area contributed by atoms with Gasteiger partial charge in [-0.2, -0.15) is 0 Å². The SMILES string of the molecule is COCCc1ccc(OCC(O)C(=O)O)c(Cl)c1. The van der Waals surface area contributed by atoms with Crippen LogP contribution in [0.5, 0.6) is 5.75 Å². The third-order valence-corrected chi connectivity index (χ3v) is 2.57. The zero-order valence-electron chi connectivity index (χ0n) is 9.93. The van der Waals surface area contributed by atoms with Gasteiger partial charge in [-0.05, 0) is 24.1 Å². The summed E-state index contributed by atoms with van der Waals surface area (Å²) in [6, 6.07) is 5.18. The average Bonchev–Trinajstić information content (AvgIpc) is 2.34. The largest absolute Gasteiger partial charge is 0.489 e. The predicted octanol–water partition coefficient (Wildman–Crippen LogP) is 1.35. The lowest BCUT2D eigenvalue weighted by Gasteiger charge is -2.11. The Hall–Kier alpha value is -1.30. The molecule has 0 aliphatic rings. The maximum Gasteiger partial charge on any atom is 0.336 e. The highest BCUT2D eigenvalue weighted by Gasteiger charge is 2.14. The number of aliphatic hydroxyl groups excluding tert-OH is 1. The zero-order valence-corrected chi connectivity index (χ0v) is 10.7. The number of methoxy groups -OCH3 is 1. The second kappa shape index (κ2) is 7.20. The van der Waals surface area contributed by atoms with Gasteiger partial charge in [-0.1, -0.05) is 17.7 Å². The van der Waals surface area contributed by atoms with E-state index < -0.39 is 12.1 Å². The van der Waals surface area contributed by atoms with E-state index in [4.69, 9.17) is 31.3 Å². The van der Waals surface area contributed by atoms with Crippen LogP contribution in [-0.4, -0.2) is 42.6 Å². The molecule has 0 bridgehead atoms. The monoisotopic (exact) mass is 274 g/mol. The molecule has 1 aromatic carbocycles. The van der Waals surface area contributed by atoms with Crippen molar-refractivity contribution in [3.8, 4) is 5.75 Å². The Morgan fingerprint density at radius 3 is 2.78 bits per heavy atom. The third kappa shape index (κ3) is 4.52. The van der Waals surface area contributed by atoms with E-state index in [1.54, 1.807) is 19.2 Å². The maximum absolute atomic E-state index is 10.4. The van der Waals surface area contributed by atoms with Crippen LogP contribution in [0, 0.1) is 0 Å². The van der Waals surface area contributed by atoms with Crippen molar-refractivity contribution in [3.05, 3.63) is 28.8 Å². The van der Waals surface area contributed by atoms with Crippen molar-refractivity contribution in [1.82, 2.24) is 0 Å². The van der Waals surface area contributed by atoms with Crippen LogP contribution < -0.4 is 4.74 Å². The molecule has 1 atom stereocenters. The molecule has 0 heterocycles. The van der Waals surface area contributed by atoms with E-state index in [1.807, 2.05) is 6.07 Å². The summed E-state index contributed by atoms with van der Waals surface area (Å²) in [5.41, 5.74) is 0.994. The Morgan fingerprint density at radius 2 is 2.22 bits per heavy atom. The van der Waals surface area contributed by atoms with Crippen LogP contribution in [0.25, 0.3) is 0 Å². The standard InChI is InChI=1S/C12H15ClO5/c1-17-5-4-8-2-3-11(9(13)6-8)18-7-10(14)12(15)16/h2-3,6,10,14H,4-5,7H2,1H3,(H,15,16). The maximum atomic E-state index is 10.4. The molecule has 0 fully saturated rings. The number of carbonyl (C=O) groups is 1. The molecule has 0 saturated carbocycles. The number of halogens is 1. The molecule has 2 N–H and O–H groups in total. The van der Waals surface area contributed by atoms with Gasteiger partial charge in [-0.25, -0.2) is 4.79 Å². The third-order valence-electron chi connectivity index (χ3n) is 2.27. The first-order valence-corrected chi connectivity index (χ1v) is 5.73. The van der Waals surface area contributed by atoms with Gasteiger partial charge < -0.3 is 19.7 Å². The summed E-state index contributed by atoms with van der Waals surface area (Å²) in [7, 11) is 1.62. The highest BCUT2D eigenvalue weighted by molar-refractivity contribution is 6.32. The molecule has 1 rings (SSSR count). The van der Waals surface area contributed by atoms with Gasteiger partial charge in [0.2, 0.25) is 0 Å². The Bertz CT molecular complexity index is 407. The van der Waals surface area contributed by atoms with Crippen LogP contribution >= 0.6 is 11.6 Å². The Balaban J connectivity index is 2.59. The first-order valence-electron chi connectivity index (χ1n) is 5.35. The van der Waals surface area contributed by atoms with Crippen molar-refractivity contribution in [1.29, 1.82) is 0 Å². The topological polar surface area (TPSA) is 76.0 Å². The lowest BCUT2D eigenvalue weighted by atomic mass is 10.1. The van der Waals surface area contributed by atoms with Crippen molar-refractivity contribution in [2.75, 3.05) is 20.3 Å². The molecule has 0 spiro atoms. The first kappa shape index (κ1) is 14.8. The van der Waals surface area contributed by atoms with Crippen LogP contribution in [0.2, 0.25) is 5.02 Å². The fraction of sp³-hybridized carbons (Fsp3) is 0.417. The van der Waals surface area contributed by atoms with E-state index in [0.717, 1.165) is 12.0 Å². The molecule has 0 aromatic heterocycles. The minimum Gasteiger partial charge on any atom is -0.489 e. The van der Waals surface area contributed by atoms with E-state index in [0.29, 0.717) is 17.4 Å². The molecule has 0 aliphatic carbocycles. The molecule has 1 aromatic rings. The van der Waals surface area contributed by atoms with E-state index in [9.17, 15) is 4.79 Å². The smallest absolute Gasteiger partial charge is 0.336 e. The molecule has 5 nitrogen and oxygen atoms in total. The van der Waals surface area contributed by atoms with E-state index in [2.05, 4.69) is 0 Å². The number of rotatable bonds is 7. The minimum absolute atomic E-state index is 0.341. The van der Waals surface area contributed by atoms with Gasteiger partial charge in [0, 0.05) is 7.11 Å². The predicted molar refractivity (Wildman–Crippen MR) is 66.2 cm³/mol. The summed E-state index contributed by atoms with van der Waals surface area (Å²) in [5.74, 6) is -0.985. The Kier molecular flexibility index (Phi) is 5.91. The van der Waals surface area contributed by atoms with Crippen molar-refractivity contribution in [2.24, 2.45) is 0 Å². The van der Waals surface area contributed by atoms with Crippen molar-refractivity contribution < 1.29 is 24.5 Å². The van der Waals surface area contributed by atoms with Crippen molar-refractivity contribution in [3.63, 3.8) is 0 Å². The van der Waals surface area contributed by atoms with Gasteiger partial charge in [0.25, 0.3) is 0 Å². The Labute approximate surface area is 110 Å². The average molecular weight is 275 g/mol. The fourth-order valence-corrected chi connectivity index (χ4v) is 1.53. The van der Waals surface area contributed by atoms with Crippen molar-refractivity contribution >= 4 is 17.6 Å². The summed E-state index contributed by atoms with van der Waals surface area (Å²) in [6.45, 7) is 0.251. The Morgan fingerprint density at radius 1 is 1.50 bits per heavy atom. The summed E-state index contributed by atoms with van der Waals surface area (Å²) >= 11 is 5.98. The summed E-state index contributed by atoms with van der Waals surface area (Å²) in [5, 5.41) is 17.9. The number of carboxylic acid groups (broad SMARTS) is 1. The molecule has 0 saturated heterocycles. The normalized spacial score (nSPS) is 12.2. The zero-order chi connectivity index (χ0) is 13.5. The fourth-order valence-electron chi connectivity index (χ4n) is 1.28. The number of benzene rings is 1. The molecule has 0 amide bonds. The molecule has 0 radical (unpaired) electrons. The van der Waals surface area contributed by atoms with E-state index in [1.165, 1.54) is 0 Å². The quantitative estimate of drug-likeness (QED) is 0.785. The number of aliphatic hydroxyl groups is 1. The second-order valence-corrected chi connectivity index (χ2v) is 4.08. The number of ether oxygens (including phenoxy) is 2. The van der Waals surface area contributed by atoms with Crippen LogP contribution in [-0.2, 0) is 16.0 Å². The molecule has 0 aliphatic heterocycles. The van der Waals surface area contributed by atoms with Crippen LogP contribution in [0.3, 0.4) is 0 Å². The molecule has 6 heteroatoms. The lowest BCUT2D eigenvalue weighted by molar-refractivity contribution is -0.148. The molecular formula is C12H15ClO5. The first-order chi connectivity index (χ1) is 8.54. The molecular weight excluding hydrogens is 260 g/mol. The number of aliphatic carboxylic acids is 1. The minimum atomic E-state index is -1.56. The van der Waals surface area contributed by atoms with Crippen LogP contribution in [0.1, 0.15) is 5.56 Å².